The molecule has 0 aliphatic rings. The second-order valence-corrected chi connectivity index (χ2v) is 13.9. The maximum Gasteiger partial charge on any atom is 0.306 e. The number of hydrogen-bond acceptors (Lipinski definition) is 5. The van der Waals surface area contributed by atoms with Gasteiger partial charge in [-0.1, -0.05) is 166 Å². The molecular formula is C45H80O5. The van der Waals surface area contributed by atoms with Gasteiger partial charge in [0.1, 0.15) is 6.61 Å². The monoisotopic (exact) mass is 701 g/mol. The summed E-state index contributed by atoms with van der Waals surface area (Å²) in [6.45, 7) is 7.63. The van der Waals surface area contributed by atoms with E-state index in [-0.39, 0.29) is 25.2 Å². The van der Waals surface area contributed by atoms with E-state index in [0.29, 0.717) is 19.4 Å². The average molecular weight is 701 g/mol. The lowest BCUT2D eigenvalue weighted by molar-refractivity contribution is -0.163. The predicted octanol–water partition coefficient (Wildman–Crippen LogP) is 13.7. The number of esters is 2. The Morgan fingerprint density at radius 2 is 0.920 bits per heavy atom. The molecule has 0 saturated carbocycles. The van der Waals surface area contributed by atoms with Crippen molar-refractivity contribution < 1.29 is 23.8 Å². The smallest absolute Gasteiger partial charge is 0.306 e. The summed E-state index contributed by atoms with van der Waals surface area (Å²) in [4.78, 5) is 25.1. The van der Waals surface area contributed by atoms with Crippen LogP contribution < -0.4 is 0 Å². The first-order valence-corrected chi connectivity index (χ1v) is 21.2. The minimum absolute atomic E-state index is 0.0741. The third-order valence-corrected chi connectivity index (χ3v) is 8.85. The molecule has 0 saturated heterocycles. The van der Waals surface area contributed by atoms with Gasteiger partial charge in [0, 0.05) is 19.4 Å². The summed E-state index contributed by atoms with van der Waals surface area (Å²) in [5.41, 5.74) is 0. The minimum atomic E-state index is -0.540. The molecule has 0 amide bonds. The Balaban J connectivity index is 4.23. The van der Waals surface area contributed by atoms with Crippen LogP contribution in [0.3, 0.4) is 0 Å². The molecule has 0 N–H and O–H groups in total. The van der Waals surface area contributed by atoms with Gasteiger partial charge in [0.2, 0.25) is 0 Å². The first kappa shape index (κ1) is 47.9. The summed E-state index contributed by atoms with van der Waals surface area (Å²) in [6, 6.07) is 0. The first-order valence-electron chi connectivity index (χ1n) is 21.2. The predicted molar refractivity (Wildman–Crippen MR) is 215 cm³/mol. The fourth-order valence-corrected chi connectivity index (χ4v) is 5.68. The maximum atomic E-state index is 12.6. The highest BCUT2D eigenvalue weighted by atomic mass is 16.6. The van der Waals surface area contributed by atoms with Crippen molar-refractivity contribution in [3.8, 4) is 0 Å². The van der Waals surface area contributed by atoms with Crippen molar-refractivity contribution in [2.24, 2.45) is 0 Å². The molecule has 0 bridgehead atoms. The third-order valence-electron chi connectivity index (χ3n) is 8.85. The zero-order valence-electron chi connectivity index (χ0n) is 33.2. The molecule has 0 aliphatic carbocycles. The molecule has 1 unspecified atom stereocenters. The van der Waals surface area contributed by atoms with E-state index >= 15 is 0 Å². The van der Waals surface area contributed by atoms with Crippen LogP contribution in [0.2, 0.25) is 0 Å². The number of unbranched alkanes of at least 4 members (excludes halogenated alkanes) is 19. The van der Waals surface area contributed by atoms with Gasteiger partial charge in [0.25, 0.3) is 0 Å². The molecule has 0 spiro atoms. The van der Waals surface area contributed by atoms with Gasteiger partial charge < -0.3 is 14.2 Å². The van der Waals surface area contributed by atoms with Crippen LogP contribution in [-0.4, -0.2) is 37.9 Å². The van der Waals surface area contributed by atoms with Gasteiger partial charge in [-0.15, -0.1) is 0 Å². The summed E-state index contributed by atoms with van der Waals surface area (Å²) in [5, 5.41) is 0. The molecule has 0 aliphatic heterocycles. The molecule has 290 valence electrons. The highest BCUT2D eigenvalue weighted by Gasteiger charge is 2.17. The Morgan fingerprint density at radius 3 is 1.52 bits per heavy atom. The topological polar surface area (TPSA) is 61.8 Å². The Labute approximate surface area is 310 Å². The summed E-state index contributed by atoms with van der Waals surface area (Å²) in [7, 11) is 0. The van der Waals surface area contributed by atoms with Crippen molar-refractivity contribution >= 4 is 11.9 Å². The normalized spacial score (nSPS) is 12.6. The van der Waals surface area contributed by atoms with Crippen LogP contribution in [0.5, 0.6) is 0 Å². The summed E-state index contributed by atoms with van der Waals surface area (Å²) in [6.07, 6.45) is 48.2. The molecular weight excluding hydrogens is 620 g/mol. The number of hydrogen-bond donors (Lipinski definition) is 0. The molecule has 0 aromatic heterocycles. The Kier molecular flexibility index (Phi) is 39.5. The molecule has 50 heavy (non-hydrogen) atoms. The van der Waals surface area contributed by atoms with Crippen LogP contribution in [0.15, 0.2) is 48.6 Å². The number of ether oxygens (including phenoxy) is 3. The van der Waals surface area contributed by atoms with Crippen molar-refractivity contribution in [1.82, 2.24) is 0 Å². The molecule has 5 heteroatoms. The fraction of sp³-hybridized carbons (Fsp3) is 0.778. The van der Waals surface area contributed by atoms with E-state index in [1.54, 1.807) is 0 Å². The minimum Gasteiger partial charge on any atom is -0.462 e. The zero-order chi connectivity index (χ0) is 36.4. The van der Waals surface area contributed by atoms with Gasteiger partial charge in [-0.3, -0.25) is 9.59 Å². The van der Waals surface area contributed by atoms with E-state index in [2.05, 4.69) is 69.4 Å². The fourth-order valence-electron chi connectivity index (χ4n) is 5.68. The lowest BCUT2D eigenvalue weighted by Gasteiger charge is -2.18. The first-order chi connectivity index (χ1) is 24.6. The number of allylic oxidation sites excluding steroid dienone is 8. The standard InChI is InChI=1S/C45H80O5/c1-4-7-10-13-16-19-21-22-23-24-26-27-29-32-35-38-44(46)49-42-43(41-48-40-37-34-31-18-15-12-9-6-3)50-45(47)39-36-33-30-28-25-20-17-14-11-8-5-2/h7,10,14,16-17,19,22-23,43H,4-6,8-9,11-13,15,18,20-21,24-42H2,1-3H3/b10-7-,17-14-,19-16-,23-22-. The van der Waals surface area contributed by atoms with Crippen LogP contribution in [0.25, 0.3) is 0 Å². The second-order valence-electron chi connectivity index (χ2n) is 13.9. The molecule has 0 fully saturated rings. The highest BCUT2D eigenvalue weighted by molar-refractivity contribution is 5.70. The van der Waals surface area contributed by atoms with Crippen LogP contribution in [0, 0.1) is 0 Å². The number of carbonyl (C=O) groups excluding carboxylic acids is 2. The quantitative estimate of drug-likeness (QED) is 0.0364. The Bertz CT molecular complexity index is 842. The van der Waals surface area contributed by atoms with Crippen LogP contribution in [0.1, 0.15) is 201 Å². The van der Waals surface area contributed by atoms with Gasteiger partial charge in [-0.2, -0.15) is 0 Å². The van der Waals surface area contributed by atoms with E-state index in [4.69, 9.17) is 14.2 Å². The Hall–Kier alpha value is -2.14. The van der Waals surface area contributed by atoms with Crippen LogP contribution >= 0.6 is 0 Å². The van der Waals surface area contributed by atoms with Gasteiger partial charge in [-0.05, 0) is 70.6 Å². The molecule has 0 aromatic rings. The van der Waals surface area contributed by atoms with E-state index in [1.807, 2.05) is 0 Å². The molecule has 5 nitrogen and oxygen atoms in total. The lowest BCUT2D eigenvalue weighted by Crippen LogP contribution is -2.30. The molecule has 0 rings (SSSR count). The molecule has 0 aromatic carbocycles. The van der Waals surface area contributed by atoms with Gasteiger partial charge >= 0.3 is 11.9 Å². The average Bonchev–Trinajstić information content (AvgIpc) is 3.11. The summed E-state index contributed by atoms with van der Waals surface area (Å²) in [5.74, 6) is -0.428. The van der Waals surface area contributed by atoms with Crippen molar-refractivity contribution in [2.75, 3.05) is 19.8 Å². The molecule has 0 heterocycles. The Morgan fingerprint density at radius 1 is 0.460 bits per heavy atom. The van der Waals surface area contributed by atoms with Gasteiger partial charge in [-0.25, -0.2) is 0 Å². The maximum absolute atomic E-state index is 12.6. The summed E-state index contributed by atoms with van der Waals surface area (Å²) < 4.78 is 17.2. The van der Waals surface area contributed by atoms with Crippen molar-refractivity contribution in [3.05, 3.63) is 48.6 Å². The van der Waals surface area contributed by atoms with Crippen LogP contribution in [0.4, 0.5) is 0 Å². The van der Waals surface area contributed by atoms with Crippen LogP contribution in [-0.2, 0) is 23.8 Å². The molecule has 0 radical (unpaired) electrons. The van der Waals surface area contributed by atoms with Crippen molar-refractivity contribution in [2.45, 2.75) is 207 Å². The largest absolute Gasteiger partial charge is 0.462 e. The number of rotatable bonds is 38. The van der Waals surface area contributed by atoms with Gasteiger partial charge in [0.05, 0.1) is 6.61 Å². The second kappa shape index (κ2) is 41.3. The third kappa shape index (κ3) is 38.7. The lowest BCUT2D eigenvalue weighted by atomic mass is 10.1. The van der Waals surface area contributed by atoms with Crippen molar-refractivity contribution in [1.29, 1.82) is 0 Å². The van der Waals surface area contributed by atoms with E-state index in [0.717, 1.165) is 83.5 Å². The van der Waals surface area contributed by atoms with E-state index in [9.17, 15) is 9.59 Å². The zero-order valence-corrected chi connectivity index (χ0v) is 33.2. The molecule has 1 atom stereocenters. The van der Waals surface area contributed by atoms with Gasteiger partial charge in [0.15, 0.2) is 6.10 Å². The summed E-state index contributed by atoms with van der Waals surface area (Å²) >= 11 is 0. The number of carbonyl (C=O) groups is 2. The highest BCUT2D eigenvalue weighted by Crippen LogP contribution is 2.12. The van der Waals surface area contributed by atoms with E-state index in [1.165, 1.54) is 83.5 Å². The van der Waals surface area contributed by atoms with E-state index < -0.39 is 6.10 Å². The SMILES string of the molecule is CC/C=C\C/C=C\C/C=C\CCCCCCCC(=O)OCC(COCCCCCCCCCC)OC(=O)CCCCCCC/C=C\CCCC. The van der Waals surface area contributed by atoms with Crippen molar-refractivity contribution in [3.63, 3.8) is 0 Å².